The molecular formula is C13H17BrFN. The van der Waals surface area contributed by atoms with Gasteiger partial charge in [0.25, 0.3) is 0 Å². The van der Waals surface area contributed by atoms with E-state index < -0.39 is 0 Å². The van der Waals surface area contributed by atoms with Crippen molar-refractivity contribution in [2.45, 2.75) is 32.7 Å². The molecule has 1 atom stereocenters. The van der Waals surface area contributed by atoms with Crippen molar-refractivity contribution in [2.24, 2.45) is 5.41 Å². The molecule has 0 aromatic heterocycles. The molecule has 0 heterocycles. The van der Waals surface area contributed by atoms with E-state index in [9.17, 15) is 4.39 Å². The number of halogens is 2. The zero-order chi connectivity index (χ0) is 11.8. The van der Waals surface area contributed by atoms with Gasteiger partial charge in [0.15, 0.2) is 0 Å². The normalized spacial score (nSPS) is 19.5. The van der Waals surface area contributed by atoms with E-state index in [2.05, 4.69) is 28.2 Å². The largest absolute Gasteiger partial charge is 0.310 e. The summed E-state index contributed by atoms with van der Waals surface area (Å²) in [4.78, 5) is 0. The van der Waals surface area contributed by atoms with Crippen molar-refractivity contribution in [3.8, 4) is 0 Å². The van der Waals surface area contributed by atoms with Crippen LogP contribution >= 0.6 is 15.9 Å². The lowest BCUT2D eigenvalue weighted by Crippen LogP contribution is -2.25. The SMILES string of the molecule is CC(NCC1(C)CC1)c1cc(Br)ccc1F. The van der Waals surface area contributed by atoms with Gasteiger partial charge in [0, 0.05) is 22.6 Å². The maximum absolute atomic E-state index is 13.6. The molecule has 0 saturated heterocycles. The fraction of sp³-hybridized carbons (Fsp3) is 0.538. The van der Waals surface area contributed by atoms with Crippen LogP contribution in [0, 0.1) is 11.2 Å². The van der Waals surface area contributed by atoms with Crippen molar-refractivity contribution in [2.75, 3.05) is 6.54 Å². The first kappa shape index (κ1) is 12.1. The molecule has 0 spiro atoms. The number of hydrogen-bond acceptors (Lipinski definition) is 1. The zero-order valence-corrected chi connectivity index (χ0v) is 11.3. The molecule has 0 radical (unpaired) electrons. The summed E-state index contributed by atoms with van der Waals surface area (Å²) in [7, 11) is 0. The highest BCUT2D eigenvalue weighted by molar-refractivity contribution is 9.10. The van der Waals surface area contributed by atoms with Gasteiger partial charge >= 0.3 is 0 Å². The summed E-state index contributed by atoms with van der Waals surface area (Å²) in [6.07, 6.45) is 2.57. The van der Waals surface area contributed by atoms with Gasteiger partial charge in [-0.05, 0) is 43.4 Å². The zero-order valence-electron chi connectivity index (χ0n) is 9.69. The highest BCUT2D eigenvalue weighted by Gasteiger charge is 2.37. The van der Waals surface area contributed by atoms with Crippen LogP contribution in [-0.4, -0.2) is 6.54 Å². The van der Waals surface area contributed by atoms with Gasteiger partial charge in [0.1, 0.15) is 5.82 Å². The number of rotatable bonds is 4. The second kappa shape index (κ2) is 4.46. The van der Waals surface area contributed by atoms with Crippen LogP contribution in [0.25, 0.3) is 0 Å². The summed E-state index contributed by atoms with van der Waals surface area (Å²) in [6.45, 7) is 5.25. The van der Waals surface area contributed by atoms with Crippen LogP contribution < -0.4 is 5.32 Å². The smallest absolute Gasteiger partial charge is 0.128 e. The predicted octanol–water partition coefficient (Wildman–Crippen LogP) is 4.04. The summed E-state index contributed by atoms with van der Waals surface area (Å²) in [5.74, 6) is -0.135. The van der Waals surface area contributed by atoms with E-state index in [-0.39, 0.29) is 11.9 Å². The third kappa shape index (κ3) is 2.83. The molecule has 3 heteroatoms. The van der Waals surface area contributed by atoms with E-state index in [4.69, 9.17) is 0 Å². The lowest BCUT2D eigenvalue weighted by atomic mass is 10.1. The minimum atomic E-state index is -0.135. The summed E-state index contributed by atoms with van der Waals surface area (Å²) < 4.78 is 14.5. The molecule has 1 N–H and O–H groups in total. The van der Waals surface area contributed by atoms with Crippen molar-refractivity contribution in [3.05, 3.63) is 34.1 Å². The van der Waals surface area contributed by atoms with E-state index in [1.54, 1.807) is 6.07 Å². The van der Waals surface area contributed by atoms with Crippen LogP contribution in [0.3, 0.4) is 0 Å². The third-order valence-corrected chi connectivity index (χ3v) is 3.86. The minimum absolute atomic E-state index is 0.0647. The Morgan fingerprint density at radius 3 is 2.81 bits per heavy atom. The van der Waals surface area contributed by atoms with Crippen LogP contribution in [0.2, 0.25) is 0 Å². The molecule has 1 unspecified atom stereocenters. The van der Waals surface area contributed by atoms with Crippen LogP contribution in [0.4, 0.5) is 4.39 Å². The topological polar surface area (TPSA) is 12.0 Å². The van der Waals surface area contributed by atoms with Crippen molar-refractivity contribution in [1.82, 2.24) is 5.32 Å². The van der Waals surface area contributed by atoms with Crippen LogP contribution in [0.15, 0.2) is 22.7 Å². The van der Waals surface area contributed by atoms with E-state index >= 15 is 0 Å². The van der Waals surface area contributed by atoms with E-state index in [0.717, 1.165) is 16.6 Å². The van der Waals surface area contributed by atoms with E-state index in [1.807, 2.05) is 13.0 Å². The lowest BCUT2D eigenvalue weighted by Gasteiger charge is -2.18. The Hall–Kier alpha value is -0.410. The fourth-order valence-electron chi connectivity index (χ4n) is 1.75. The number of benzene rings is 1. The Bertz CT molecular complexity index is 388. The average Bonchev–Trinajstić information content (AvgIpc) is 2.97. The van der Waals surface area contributed by atoms with Crippen molar-refractivity contribution in [1.29, 1.82) is 0 Å². The maximum Gasteiger partial charge on any atom is 0.128 e. The second-order valence-electron chi connectivity index (χ2n) is 5.08. The van der Waals surface area contributed by atoms with Crippen LogP contribution in [0.5, 0.6) is 0 Å². The first-order valence-electron chi connectivity index (χ1n) is 5.68. The monoisotopic (exact) mass is 285 g/mol. The van der Waals surface area contributed by atoms with Crippen LogP contribution in [0.1, 0.15) is 38.3 Å². The standard InChI is InChI=1S/C13H17BrFN/c1-9(16-8-13(2)5-6-13)11-7-10(14)3-4-12(11)15/h3-4,7,9,16H,5-6,8H2,1-2H3. The Labute approximate surface area is 105 Å². The minimum Gasteiger partial charge on any atom is -0.310 e. The molecule has 1 nitrogen and oxygen atoms in total. The van der Waals surface area contributed by atoms with Gasteiger partial charge in [-0.25, -0.2) is 4.39 Å². The lowest BCUT2D eigenvalue weighted by molar-refractivity contribution is 0.446. The maximum atomic E-state index is 13.6. The van der Waals surface area contributed by atoms with Gasteiger partial charge in [-0.3, -0.25) is 0 Å². The van der Waals surface area contributed by atoms with Crippen molar-refractivity contribution >= 4 is 15.9 Å². The summed E-state index contributed by atoms with van der Waals surface area (Å²) in [5, 5.41) is 3.41. The van der Waals surface area contributed by atoms with Gasteiger partial charge in [0.05, 0.1) is 0 Å². The van der Waals surface area contributed by atoms with Crippen LogP contribution in [-0.2, 0) is 0 Å². The molecule has 1 saturated carbocycles. The Kier molecular flexibility index (Phi) is 3.36. The van der Waals surface area contributed by atoms with Gasteiger partial charge in [-0.15, -0.1) is 0 Å². The van der Waals surface area contributed by atoms with E-state index in [0.29, 0.717) is 5.41 Å². The van der Waals surface area contributed by atoms with Gasteiger partial charge < -0.3 is 5.32 Å². The van der Waals surface area contributed by atoms with Gasteiger partial charge in [-0.2, -0.15) is 0 Å². The predicted molar refractivity (Wildman–Crippen MR) is 67.9 cm³/mol. The molecule has 1 aromatic carbocycles. The Balaban J connectivity index is 2.01. The molecule has 1 fully saturated rings. The molecule has 0 aliphatic heterocycles. The molecule has 1 aromatic rings. The quantitative estimate of drug-likeness (QED) is 0.881. The Morgan fingerprint density at radius 1 is 1.50 bits per heavy atom. The molecule has 88 valence electrons. The first-order chi connectivity index (χ1) is 7.50. The van der Waals surface area contributed by atoms with Crippen molar-refractivity contribution in [3.63, 3.8) is 0 Å². The third-order valence-electron chi connectivity index (χ3n) is 3.36. The first-order valence-corrected chi connectivity index (χ1v) is 6.48. The van der Waals surface area contributed by atoms with E-state index in [1.165, 1.54) is 18.9 Å². The van der Waals surface area contributed by atoms with Crippen molar-refractivity contribution < 1.29 is 4.39 Å². The number of hydrogen-bond donors (Lipinski definition) is 1. The highest BCUT2D eigenvalue weighted by atomic mass is 79.9. The highest BCUT2D eigenvalue weighted by Crippen LogP contribution is 2.44. The average molecular weight is 286 g/mol. The molecule has 0 bridgehead atoms. The molecule has 1 aliphatic carbocycles. The summed E-state index contributed by atoms with van der Waals surface area (Å²) in [5.41, 5.74) is 1.19. The van der Waals surface area contributed by atoms with Gasteiger partial charge in [0.2, 0.25) is 0 Å². The molecule has 1 aliphatic rings. The second-order valence-corrected chi connectivity index (χ2v) is 5.99. The molecular weight excluding hydrogens is 269 g/mol. The summed E-state index contributed by atoms with van der Waals surface area (Å²) >= 11 is 3.37. The molecule has 16 heavy (non-hydrogen) atoms. The summed E-state index contributed by atoms with van der Waals surface area (Å²) in [6, 6.07) is 5.15. The Morgan fingerprint density at radius 2 is 2.19 bits per heavy atom. The van der Waals surface area contributed by atoms with Gasteiger partial charge in [-0.1, -0.05) is 22.9 Å². The molecule has 2 rings (SSSR count). The fourth-order valence-corrected chi connectivity index (χ4v) is 2.12. The molecule has 0 amide bonds. The number of nitrogens with one attached hydrogen (secondary N) is 1.